The van der Waals surface area contributed by atoms with Crippen LogP contribution in [0.25, 0.3) is 0 Å². The minimum absolute atomic E-state index is 0.0139. The molecule has 0 bridgehead atoms. The number of benzene rings is 2. The first-order chi connectivity index (χ1) is 20.7. The van der Waals surface area contributed by atoms with Crippen LogP contribution in [0.2, 0.25) is 5.02 Å². The first-order valence-electron chi connectivity index (χ1n) is 15.0. The summed E-state index contributed by atoms with van der Waals surface area (Å²) in [6.07, 6.45) is 2.56. The molecule has 10 nitrogen and oxygen atoms in total. The maximum atomic E-state index is 13.7. The second-order valence-corrected chi connectivity index (χ2v) is 12.4. The number of aryl methyl sites for hydroxylation is 1. The molecule has 230 valence electrons. The van der Waals surface area contributed by atoms with Crippen molar-refractivity contribution in [2.24, 2.45) is 11.1 Å². The molecule has 43 heavy (non-hydrogen) atoms. The fraction of sp³-hybridized carbons (Fsp3) is 0.500. The van der Waals surface area contributed by atoms with Crippen molar-refractivity contribution >= 4 is 40.9 Å². The van der Waals surface area contributed by atoms with E-state index in [2.05, 4.69) is 10.6 Å². The molecule has 3 aliphatic heterocycles. The molecule has 0 radical (unpaired) electrons. The van der Waals surface area contributed by atoms with Gasteiger partial charge < -0.3 is 30.9 Å². The van der Waals surface area contributed by atoms with Crippen molar-refractivity contribution in [2.75, 3.05) is 38.2 Å². The molecule has 2 aromatic rings. The Morgan fingerprint density at radius 3 is 2.44 bits per heavy atom. The smallest absolute Gasteiger partial charge is 0.246 e. The molecule has 0 aliphatic carbocycles. The minimum Gasteiger partial charge on any atom is -0.381 e. The fourth-order valence-corrected chi connectivity index (χ4v) is 6.37. The first kappa shape index (κ1) is 31.0. The van der Waals surface area contributed by atoms with Crippen molar-refractivity contribution < 1.29 is 23.9 Å². The predicted molar refractivity (Wildman–Crippen MR) is 163 cm³/mol. The Morgan fingerprint density at radius 1 is 1.05 bits per heavy atom. The second kappa shape index (κ2) is 13.4. The number of carbonyl (C=O) groups excluding carboxylic acids is 4. The largest absolute Gasteiger partial charge is 0.381 e. The van der Waals surface area contributed by atoms with Gasteiger partial charge in [0.15, 0.2) is 0 Å². The number of rotatable bonds is 9. The fourth-order valence-electron chi connectivity index (χ4n) is 6.25. The predicted octanol–water partition coefficient (Wildman–Crippen LogP) is 2.79. The van der Waals surface area contributed by atoms with Crippen LogP contribution in [0.1, 0.15) is 48.8 Å². The van der Waals surface area contributed by atoms with Crippen LogP contribution < -0.4 is 16.4 Å². The van der Waals surface area contributed by atoms with Crippen LogP contribution in [0.4, 0.5) is 5.69 Å². The zero-order chi connectivity index (χ0) is 30.6. The highest BCUT2D eigenvalue weighted by Crippen LogP contribution is 2.40. The number of anilines is 1. The number of likely N-dealkylation sites (tertiary alicyclic amines) is 1. The number of halogens is 1. The quantitative estimate of drug-likeness (QED) is 0.400. The average molecular weight is 610 g/mol. The number of fused-ring (bicyclic) bond motifs is 1. The van der Waals surface area contributed by atoms with Gasteiger partial charge in [0.05, 0.1) is 0 Å². The third kappa shape index (κ3) is 7.20. The van der Waals surface area contributed by atoms with Crippen LogP contribution in [0, 0.1) is 12.3 Å². The van der Waals surface area contributed by atoms with E-state index < -0.39 is 23.9 Å². The number of nitrogens with two attached hydrogens (primary N) is 1. The lowest BCUT2D eigenvalue weighted by atomic mass is 9.73. The third-order valence-electron chi connectivity index (χ3n) is 8.90. The molecule has 3 aliphatic rings. The van der Waals surface area contributed by atoms with Crippen molar-refractivity contribution in [2.45, 2.75) is 64.1 Å². The lowest BCUT2D eigenvalue weighted by Gasteiger charge is -2.52. The highest BCUT2D eigenvalue weighted by molar-refractivity contribution is 6.31. The van der Waals surface area contributed by atoms with E-state index in [1.165, 1.54) is 0 Å². The Balaban J connectivity index is 1.24. The van der Waals surface area contributed by atoms with Gasteiger partial charge in [0, 0.05) is 68.2 Å². The number of amides is 4. The summed E-state index contributed by atoms with van der Waals surface area (Å²) < 4.78 is 5.46. The van der Waals surface area contributed by atoms with Crippen molar-refractivity contribution in [3.8, 4) is 0 Å². The van der Waals surface area contributed by atoms with Gasteiger partial charge in [0.2, 0.25) is 23.6 Å². The molecule has 3 heterocycles. The van der Waals surface area contributed by atoms with Crippen LogP contribution in [-0.4, -0.2) is 78.4 Å². The Kier molecular flexibility index (Phi) is 9.68. The summed E-state index contributed by atoms with van der Waals surface area (Å²) in [6.45, 7) is 5.16. The van der Waals surface area contributed by atoms with E-state index in [9.17, 15) is 19.2 Å². The maximum Gasteiger partial charge on any atom is 0.246 e. The lowest BCUT2D eigenvalue weighted by Crippen LogP contribution is -2.60. The van der Waals surface area contributed by atoms with Crippen LogP contribution in [0.15, 0.2) is 42.5 Å². The highest BCUT2D eigenvalue weighted by Gasteiger charge is 2.45. The molecule has 2 saturated heterocycles. The average Bonchev–Trinajstić information content (AvgIpc) is 2.99. The van der Waals surface area contributed by atoms with Gasteiger partial charge in [0.1, 0.15) is 12.1 Å². The van der Waals surface area contributed by atoms with Gasteiger partial charge >= 0.3 is 0 Å². The molecule has 2 fully saturated rings. The third-order valence-corrected chi connectivity index (χ3v) is 9.32. The SMILES string of the molecule is Cc1cc(NC(=O)[C@H](CCN)NC(=O)[C@@H]2Cc3ccccc3CN2C(=O)CCC(=O)N2CC3(CCOCC3)C2)ccc1Cl. The Morgan fingerprint density at radius 2 is 1.74 bits per heavy atom. The molecule has 2 aromatic carbocycles. The number of hydrogen-bond donors (Lipinski definition) is 3. The lowest BCUT2D eigenvalue weighted by molar-refractivity contribution is -0.152. The Hall–Kier alpha value is -3.47. The zero-order valence-electron chi connectivity index (χ0n) is 24.6. The molecule has 5 rings (SSSR count). The summed E-state index contributed by atoms with van der Waals surface area (Å²) >= 11 is 6.11. The van der Waals surface area contributed by atoms with Gasteiger partial charge in [-0.25, -0.2) is 0 Å². The van der Waals surface area contributed by atoms with E-state index in [0.29, 0.717) is 30.2 Å². The normalized spacial score (nSPS) is 19.7. The number of nitrogens with zero attached hydrogens (tertiary/aromatic N) is 2. The van der Waals surface area contributed by atoms with Gasteiger partial charge in [-0.2, -0.15) is 0 Å². The van der Waals surface area contributed by atoms with Crippen molar-refractivity contribution in [1.82, 2.24) is 15.1 Å². The Labute approximate surface area is 257 Å². The second-order valence-electron chi connectivity index (χ2n) is 12.0. The molecule has 4 N–H and O–H groups in total. The molecule has 4 amide bonds. The monoisotopic (exact) mass is 609 g/mol. The Bertz CT molecular complexity index is 1370. The number of hydrogen-bond acceptors (Lipinski definition) is 6. The summed E-state index contributed by atoms with van der Waals surface area (Å²) in [5, 5.41) is 6.26. The molecular formula is C32H40ClN5O5. The standard InChI is InChI=1S/C32H40ClN5O5/c1-21-16-24(6-7-25(21)33)35-30(41)26(10-13-34)36-31(42)27-17-22-4-2-3-5-23(22)18-38(27)29(40)9-8-28(39)37-19-32(20-37)11-14-43-15-12-32/h2-7,16,26-27H,8-15,17-20,34H2,1H3,(H,35,41)(H,36,42)/t26-,27-/m0/s1. The van der Waals surface area contributed by atoms with Crippen LogP contribution in [0.5, 0.6) is 0 Å². The summed E-state index contributed by atoms with van der Waals surface area (Å²) in [7, 11) is 0. The maximum absolute atomic E-state index is 13.7. The van der Waals surface area contributed by atoms with Gasteiger partial charge in [0.25, 0.3) is 0 Å². The summed E-state index contributed by atoms with van der Waals surface area (Å²) in [6, 6.07) is 11.1. The highest BCUT2D eigenvalue weighted by atomic mass is 35.5. The molecule has 1 spiro atoms. The molecule has 0 unspecified atom stereocenters. The number of ether oxygens (including phenoxy) is 1. The van der Waals surface area contributed by atoms with E-state index in [0.717, 1.165) is 42.7 Å². The van der Waals surface area contributed by atoms with E-state index in [-0.39, 0.29) is 49.6 Å². The van der Waals surface area contributed by atoms with Crippen LogP contribution in [-0.2, 0) is 36.9 Å². The summed E-state index contributed by atoms with van der Waals surface area (Å²) in [5.41, 5.74) is 9.26. The van der Waals surface area contributed by atoms with Gasteiger partial charge in [-0.3, -0.25) is 19.2 Å². The molecule has 2 atom stereocenters. The van der Waals surface area contributed by atoms with Gasteiger partial charge in [-0.1, -0.05) is 35.9 Å². The van der Waals surface area contributed by atoms with E-state index in [1.807, 2.05) is 36.1 Å². The molecule has 11 heteroatoms. The minimum atomic E-state index is -0.895. The zero-order valence-corrected chi connectivity index (χ0v) is 25.3. The van der Waals surface area contributed by atoms with Crippen molar-refractivity contribution in [3.05, 3.63) is 64.2 Å². The van der Waals surface area contributed by atoms with Crippen LogP contribution >= 0.6 is 11.6 Å². The first-order valence-corrected chi connectivity index (χ1v) is 15.3. The molecular weight excluding hydrogens is 570 g/mol. The van der Waals surface area contributed by atoms with Crippen LogP contribution in [0.3, 0.4) is 0 Å². The van der Waals surface area contributed by atoms with E-state index >= 15 is 0 Å². The van der Waals surface area contributed by atoms with Crippen molar-refractivity contribution in [1.29, 1.82) is 0 Å². The van der Waals surface area contributed by atoms with E-state index in [1.54, 1.807) is 23.1 Å². The number of carbonyl (C=O) groups is 4. The van der Waals surface area contributed by atoms with Gasteiger partial charge in [-0.15, -0.1) is 0 Å². The molecule has 0 saturated carbocycles. The van der Waals surface area contributed by atoms with E-state index in [4.69, 9.17) is 22.1 Å². The van der Waals surface area contributed by atoms with Gasteiger partial charge in [-0.05, 0) is 67.6 Å². The summed E-state index contributed by atoms with van der Waals surface area (Å²) in [4.78, 5) is 56.7. The van der Waals surface area contributed by atoms with Crippen molar-refractivity contribution in [3.63, 3.8) is 0 Å². The summed E-state index contributed by atoms with van der Waals surface area (Å²) in [5.74, 6) is -1.14. The number of nitrogens with one attached hydrogen (secondary N) is 2. The topological polar surface area (TPSA) is 134 Å². The molecule has 0 aromatic heterocycles.